The van der Waals surface area contributed by atoms with Gasteiger partial charge in [-0.25, -0.2) is 0 Å². The predicted octanol–water partition coefficient (Wildman–Crippen LogP) is 10.6. The van der Waals surface area contributed by atoms with Crippen LogP contribution in [-0.4, -0.2) is 4.57 Å². The van der Waals surface area contributed by atoms with Gasteiger partial charge in [0.25, 0.3) is 0 Å². The van der Waals surface area contributed by atoms with Gasteiger partial charge in [0.05, 0.1) is 11.0 Å². The number of aryl methyl sites for hydroxylation is 5. The molecule has 1 nitrogen and oxygen atoms in total. The van der Waals surface area contributed by atoms with Gasteiger partial charge in [-0.2, -0.15) is 0 Å². The van der Waals surface area contributed by atoms with Crippen LogP contribution in [-0.2, 0) is 19.9 Å². The van der Waals surface area contributed by atoms with E-state index in [1.54, 1.807) is 11.1 Å². The molecule has 0 radical (unpaired) electrons. The second-order valence-corrected chi connectivity index (χ2v) is 12.7. The van der Waals surface area contributed by atoms with Crippen molar-refractivity contribution in [1.82, 2.24) is 4.57 Å². The van der Waals surface area contributed by atoms with Crippen LogP contribution in [0.25, 0.3) is 42.0 Å². The van der Waals surface area contributed by atoms with Crippen molar-refractivity contribution < 1.29 is 0 Å². The van der Waals surface area contributed by atoms with E-state index in [1.165, 1.54) is 116 Å². The topological polar surface area (TPSA) is 4.93 Å². The number of thiophene rings is 2. The summed E-state index contributed by atoms with van der Waals surface area (Å²) in [4.78, 5) is 3.02. The van der Waals surface area contributed by atoms with Crippen molar-refractivity contribution in [2.45, 2.75) is 91.9 Å². The molecule has 5 rings (SSSR count). The molecule has 3 aromatic heterocycles. The molecule has 3 heterocycles. The summed E-state index contributed by atoms with van der Waals surface area (Å²) in [7, 11) is 2.25. The van der Waals surface area contributed by atoms with Crippen LogP contribution >= 0.6 is 22.7 Å². The molecule has 0 fully saturated rings. The Morgan fingerprint density at radius 1 is 0.588 bits per heavy atom. The Hall–Kier alpha value is -1.84. The van der Waals surface area contributed by atoms with Crippen molar-refractivity contribution in [3.05, 3.63) is 45.1 Å². The summed E-state index contributed by atoms with van der Waals surface area (Å²) in [6.45, 7) is 9.24. The van der Waals surface area contributed by atoms with E-state index in [-0.39, 0.29) is 0 Å². The van der Waals surface area contributed by atoms with Gasteiger partial charge in [0.2, 0.25) is 0 Å². The number of hydrogen-bond acceptors (Lipinski definition) is 2. The minimum absolute atomic E-state index is 1.22. The van der Waals surface area contributed by atoms with Crippen LogP contribution < -0.4 is 0 Å². The first kappa shape index (κ1) is 23.9. The second kappa shape index (κ2) is 10.0. The van der Waals surface area contributed by atoms with E-state index in [4.69, 9.17) is 0 Å². The van der Waals surface area contributed by atoms with Gasteiger partial charge in [0, 0.05) is 37.0 Å². The van der Waals surface area contributed by atoms with E-state index in [0.717, 1.165) is 0 Å². The average Bonchev–Trinajstić information content (AvgIpc) is 3.40. The number of unbranched alkanes of at least 4 members (excludes halogenated alkanes) is 6. The van der Waals surface area contributed by atoms with Gasteiger partial charge in [-0.1, -0.05) is 52.4 Å². The maximum absolute atomic E-state index is 2.53. The van der Waals surface area contributed by atoms with E-state index in [9.17, 15) is 0 Å². The van der Waals surface area contributed by atoms with Crippen LogP contribution in [0.5, 0.6) is 0 Å². The molecule has 0 amide bonds. The first-order valence-corrected chi connectivity index (χ1v) is 15.0. The smallest absolute Gasteiger partial charge is 0.0503 e. The molecule has 3 heteroatoms. The Kier molecular flexibility index (Phi) is 7.04. The molecule has 5 aromatic rings. The number of benzene rings is 2. The highest BCUT2D eigenvalue weighted by molar-refractivity contribution is 7.19. The number of aromatic nitrogens is 1. The summed E-state index contributed by atoms with van der Waals surface area (Å²) in [5, 5.41) is 5.86. The summed E-state index contributed by atoms with van der Waals surface area (Å²) in [5.41, 5.74) is 5.94. The maximum Gasteiger partial charge on any atom is 0.0503 e. The zero-order valence-corrected chi connectivity index (χ0v) is 23.3. The van der Waals surface area contributed by atoms with E-state index < -0.39 is 0 Å². The molecule has 0 atom stereocenters. The maximum atomic E-state index is 2.53. The van der Waals surface area contributed by atoms with Crippen LogP contribution in [0.15, 0.2) is 24.3 Å². The number of hydrogen-bond donors (Lipinski definition) is 0. The van der Waals surface area contributed by atoms with Gasteiger partial charge >= 0.3 is 0 Å². The van der Waals surface area contributed by atoms with Crippen LogP contribution in [0.1, 0.15) is 86.1 Å². The highest BCUT2D eigenvalue weighted by atomic mass is 32.1. The number of fused-ring (bicyclic) bond motifs is 5. The largest absolute Gasteiger partial charge is 0.344 e. The summed E-state index contributed by atoms with van der Waals surface area (Å²) < 4.78 is 5.33. The molecule has 0 saturated heterocycles. The Labute approximate surface area is 212 Å². The molecule has 0 bridgehead atoms. The SMILES string of the molecule is CCCCCCc1c(C)sc2cc3c(cc12)c1cc2c(CCCCCC)c(C)sc2cc1n3C. The van der Waals surface area contributed by atoms with E-state index in [1.807, 2.05) is 22.7 Å². The molecule has 0 aliphatic heterocycles. The predicted molar refractivity (Wildman–Crippen MR) is 156 cm³/mol. The lowest BCUT2D eigenvalue weighted by Gasteiger charge is -2.03. The third-order valence-electron chi connectivity index (χ3n) is 7.80. The molecule has 34 heavy (non-hydrogen) atoms. The molecule has 0 aliphatic carbocycles. The first-order valence-electron chi connectivity index (χ1n) is 13.4. The molecule has 0 unspecified atom stereocenters. The van der Waals surface area contributed by atoms with Crippen molar-refractivity contribution in [3.63, 3.8) is 0 Å². The Bertz CT molecular complexity index is 1350. The zero-order valence-electron chi connectivity index (χ0n) is 21.6. The molecule has 0 spiro atoms. The second-order valence-electron chi connectivity index (χ2n) is 10.2. The Morgan fingerprint density at radius 2 is 1.03 bits per heavy atom. The lowest BCUT2D eigenvalue weighted by Crippen LogP contribution is -1.88. The molecule has 180 valence electrons. The van der Waals surface area contributed by atoms with E-state index in [0.29, 0.717) is 0 Å². The lowest BCUT2D eigenvalue weighted by atomic mass is 10.00. The minimum Gasteiger partial charge on any atom is -0.344 e. The summed E-state index contributed by atoms with van der Waals surface area (Å²) in [5.74, 6) is 0. The highest BCUT2D eigenvalue weighted by Gasteiger charge is 2.17. The van der Waals surface area contributed by atoms with E-state index in [2.05, 4.69) is 63.6 Å². The van der Waals surface area contributed by atoms with Crippen molar-refractivity contribution in [2.24, 2.45) is 7.05 Å². The Balaban J connectivity index is 1.62. The summed E-state index contributed by atoms with van der Waals surface area (Å²) in [6.07, 6.45) is 13.1. The molecule has 0 saturated carbocycles. The Morgan fingerprint density at radius 3 is 1.44 bits per heavy atom. The van der Waals surface area contributed by atoms with Crippen LogP contribution in [0.3, 0.4) is 0 Å². The van der Waals surface area contributed by atoms with Gasteiger partial charge < -0.3 is 4.57 Å². The normalized spacial score (nSPS) is 12.3. The zero-order chi connectivity index (χ0) is 23.8. The summed E-state index contributed by atoms with van der Waals surface area (Å²) >= 11 is 3.97. The standard InChI is InChI=1S/C31H39NS2/c1-6-8-10-12-14-22-20(3)33-30-18-28-24(16-26(22)30)25-17-27-23(15-13-11-9-7-2)21(4)34-31(27)19-29(25)32(28)5/h16-19H,6-15H2,1-5H3. The molecule has 0 N–H and O–H groups in total. The van der Waals surface area contributed by atoms with Crippen molar-refractivity contribution >= 4 is 64.7 Å². The third-order valence-corrected chi connectivity index (χ3v) is 10.0. The summed E-state index contributed by atoms with van der Waals surface area (Å²) in [6, 6.07) is 9.97. The van der Waals surface area contributed by atoms with Gasteiger partial charge in [-0.05, 0) is 85.7 Å². The van der Waals surface area contributed by atoms with Crippen LogP contribution in [0.4, 0.5) is 0 Å². The van der Waals surface area contributed by atoms with Crippen molar-refractivity contribution in [1.29, 1.82) is 0 Å². The highest BCUT2D eigenvalue weighted by Crippen LogP contribution is 2.41. The van der Waals surface area contributed by atoms with Crippen LogP contribution in [0.2, 0.25) is 0 Å². The molecular weight excluding hydrogens is 450 g/mol. The molecular formula is C31H39NS2. The van der Waals surface area contributed by atoms with Gasteiger partial charge in [-0.15, -0.1) is 22.7 Å². The minimum atomic E-state index is 1.22. The fourth-order valence-electron chi connectivity index (χ4n) is 5.81. The quantitative estimate of drug-likeness (QED) is 0.172. The van der Waals surface area contributed by atoms with Crippen molar-refractivity contribution in [3.8, 4) is 0 Å². The van der Waals surface area contributed by atoms with Crippen molar-refractivity contribution in [2.75, 3.05) is 0 Å². The lowest BCUT2D eigenvalue weighted by molar-refractivity contribution is 0.668. The third kappa shape index (κ3) is 4.20. The van der Waals surface area contributed by atoms with Gasteiger partial charge in [0.15, 0.2) is 0 Å². The molecule has 0 aliphatic rings. The fourth-order valence-corrected chi connectivity index (χ4v) is 8.06. The average molecular weight is 490 g/mol. The monoisotopic (exact) mass is 489 g/mol. The van der Waals surface area contributed by atoms with Gasteiger partial charge in [0.1, 0.15) is 0 Å². The number of rotatable bonds is 10. The number of nitrogens with zero attached hydrogens (tertiary/aromatic N) is 1. The fraction of sp³-hybridized carbons (Fsp3) is 0.484. The first-order chi connectivity index (χ1) is 16.5. The van der Waals surface area contributed by atoms with Crippen LogP contribution in [0, 0.1) is 13.8 Å². The van der Waals surface area contributed by atoms with Gasteiger partial charge in [-0.3, -0.25) is 0 Å². The van der Waals surface area contributed by atoms with E-state index >= 15 is 0 Å². The molecule has 2 aromatic carbocycles.